The van der Waals surface area contributed by atoms with Crippen molar-refractivity contribution in [1.29, 1.82) is 0 Å². The minimum absolute atomic E-state index is 0.0127. The molecule has 60 heavy (non-hydrogen) atoms. The summed E-state index contributed by atoms with van der Waals surface area (Å²) in [6.45, 7) is 7.09. The minimum Gasteiger partial charge on any atom is -0.481 e. The van der Waals surface area contributed by atoms with Gasteiger partial charge in [0.1, 0.15) is 9.81 Å². The number of aliphatic imine (C=N–C) groups is 2. The molecule has 0 unspecified atom stereocenters. The van der Waals surface area contributed by atoms with Crippen molar-refractivity contribution in [2.75, 3.05) is 53.6 Å². The van der Waals surface area contributed by atoms with Gasteiger partial charge in [-0.05, 0) is 43.4 Å². The number of halogens is 6. The first-order valence-electron chi connectivity index (χ1n) is 18.8. The molecule has 6 heterocycles. The Kier molecular flexibility index (Phi) is 12.2. The highest BCUT2D eigenvalue weighted by Crippen LogP contribution is 2.49. The quantitative estimate of drug-likeness (QED) is 0.159. The van der Waals surface area contributed by atoms with Crippen molar-refractivity contribution in [1.82, 2.24) is 9.80 Å². The fraction of sp³-hybridized carbons (Fsp3) is 0.611. The van der Waals surface area contributed by atoms with Crippen molar-refractivity contribution in [3.8, 4) is 0 Å². The fourth-order valence-electron chi connectivity index (χ4n) is 7.75. The Bertz CT molecular complexity index is 2060. The van der Waals surface area contributed by atoms with E-state index in [4.69, 9.17) is 28.4 Å². The number of ether oxygens (including phenoxy) is 6. The van der Waals surface area contributed by atoms with Crippen LogP contribution >= 0.6 is 23.5 Å². The summed E-state index contributed by atoms with van der Waals surface area (Å²) in [5.41, 5.74) is -3.02. The Hall–Kier alpha value is -4.10. The third-order valence-corrected chi connectivity index (χ3v) is 13.1. The molecule has 6 aliphatic heterocycles. The number of rotatable bonds is 4. The summed E-state index contributed by atoms with van der Waals surface area (Å²) in [5.74, 6) is -1.35. The predicted molar refractivity (Wildman–Crippen MR) is 204 cm³/mol. The molecule has 2 spiro atoms. The molecule has 24 heteroatoms. The second-order valence-corrected chi connectivity index (χ2v) is 16.8. The monoisotopic (exact) mass is 894 g/mol. The van der Waals surface area contributed by atoms with Gasteiger partial charge >= 0.3 is 12.4 Å². The van der Waals surface area contributed by atoms with Gasteiger partial charge in [0.05, 0.1) is 61.5 Å². The third-order valence-electron chi connectivity index (χ3n) is 10.8. The number of allylic oxidation sites excluding steroid dienone is 6. The molecule has 0 saturated carbocycles. The molecule has 4 saturated heterocycles. The number of nitro groups is 2. The van der Waals surface area contributed by atoms with Crippen LogP contribution in [0.2, 0.25) is 0 Å². The maximum atomic E-state index is 13.3. The van der Waals surface area contributed by atoms with E-state index in [1.165, 1.54) is 14.2 Å². The highest BCUT2D eigenvalue weighted by molar-refractivity contribution is 8.17. The maximum absolute atomic E-state index is 13.3. The van der Waals surface area contributed by atoms with E-state index in [2.05, 4.69) is 9.98 Å². The Morgan fingerprint density at radius 2 is 1.20 bits per heavy atom. The number of methoxy groups -OCH3 is 2. The van der Waals surface area contributed by atoms with E-state index >= 15 is 0 Å². The molecule has 0 N–H and O–H groups in total. The third kappa shape index (κ3) is 8.94. The highest BCUT2D eigenvalue weighted by atomic mass is 32.2. The number of alkyl halides is 6. The lowest BCUT2D eigenvalue weighted by Gasteiger charge is -2.39. The Balaban J connectivity index is 0.000000181. The lowest BCUT2D eigenvalue weighted by molar-refractivity contribution is -0.428. The molecule has 0 aromatic rings. The van der Waals surface area contributed by atoms with Gasteiger partial charge in [-0.25, -0.2) is 0 Å². The van der Waals surface area contributed by atoms with Crippen LogP contribution in [0.25, 0.3) is 0 Å². The van der Waals surface area contributed by atoms with Crippen molar-refractivity contribution >= 4 is 33.9 Å². The molecule has 0 aromatic heterocycles. The van der Waals surface area contributed by atoms with Crippen molar-refractivity contribution in [2.45, 2.75) is 88.5 Å². The van der Waals surface area contributed by atoms with E-state index in [1.807, 2.05) is 23.6 Å². The average Bonchev–Trinajstić information content (AvgIpc) is 3.75. The van der Waals surface area contributed by atoms with Crippen molar-refractivity contribution < 1.29 is 64.6 Å². The number of piperidine rings is 2. The van der Waals surface area contributed by atoms with E-state index in [-0.39, 0.29) is 44.9 Å². The van der Waals surface area contributed by atoms with Gasteiger partial charge in [0.2, 0.25) is 11.8 Å². The summed E-state index contributed by atoms with van der Waals surface area (Å²) < 4.78 is 113. The van der Waals surface area contributed by atoms with Crippen LogP contribution in [0.5, 0.6) is 0 Å². The molecule has 0 amide bonds. The summed E-state index contributed by atoms with van der Waals surface area (Å²) >= 11 is 2.01. The van der Waals surface area contributed by atoms with Gasteiger partial charge in [-0.3, -0.25) is 20.2 Å². The molecule has 0 aromatic carbocycles. The normalized spacial score (nSPS) is 26.6. The van der Waals surface area contributed by atoms with Gasteiger partial charge in [-0.1, -0.05) is 0 Å². The number of likely N-dealkylation sites (tertiary alicyclic amines) is 2. The average molecular weight is 895 g/mol. The van der Waals surface area contributed by atoms with Crippen molar-refractivity contribution in [3.63, 3.8) is 0 Å². The lowest BCUT2D eigenvalue weighted by Crippen LogP contribution is -2.47. The molecule has 8 rings (SSSR count). The van der Waals surface area contributed by atoms with E-state index in [9.17, 15) is 46.6 Å². The minimum atomic E-state index is -4.67. The van der Waals surface area contributed by atoms with Gasteiger partial charge < -0.3 is 38.2 Å². The van der Waals surface area contributed by atoms with Crippen LogP contribution in [-0.4, -0.2) is 120 Å². The van der Waals surface area contributed by atoms with Crippen LogP contribution in [0.1, 0.15) is 52.4 Å². The van der Waals surface area contributed by atoms with Crippen LogP contribution < -0.4 is 0 Å². The molecule has 4 fully saturated rings. The first kappa shape index (κ1) is 44.0. The zero-order valence-electron chi connectivity index (χ0n) is 32.6. The number of nitrogens with zero attached hydrogens (tertiary/aromatic N) is 6. The number of fused-ring (bicyclic) bond motifs is 2. The van der Waals surface area contributed by atoms with Crippen LogP contribution in [-0.2, 0) is 28.4 Å². The molecule has 0 radical (unpaired) electrons. The van der Waals surface area contributed by atoms with Crippen LogP contribution in [0.15, 0.2) is 77.4 Å². The van der Waals surface area contributed by atoms with Gasteiger partial charge in [-0.15, -0.1) is 0 Å². The van der Waals surface area contributed by atoms with Gasteiger partial charge in [0, 0.05) is 81.1 Å². The zero-order valence-corrected chi connectivity index (χ0v) is 34.3. The summed E-state index contributed by atoms with van der Waals surface area (Å²) in [5, 5.41) is 24.0. The number of hydrogen-bond acceptors (Lipinski definition) is 16. The van der Waals surface area contributed by atoms with Crippen molar-refractivity contribution in [3.05, 3.63) is 87.6 Å². The fourth-order valence-corrected chi connectivity index (χ4v) is 10.0. The predicted octanol–water partition coefficient (Wildman–Crippen LogP) is 7.11. The smallest absolute Gasteiger partial charge is 0.413 e. The summed E-state index contributed by atoms with van der Waals surface area (Å²) in [7, 11) is 2.58. The van der Waals surface area contributed by atoms with Gasteiger partial charge in [0.15, 0.2) is 21.9 Å². The molecule has 2 atom stereocenters. The topological polar surface area (TPSA) is 173 Å². The standard InChI is InChI=1S/2C18H20F3N3O5S/c2*1-10-9-28-17(29-10)3-5-23(6-4-17)16-22-15(27-2)12-7-11(18(19,20)21)8-13(24(25)26)14(12)30-16/h8,10H,3-7,9H2,1-2H3;7,10H,3-6,8-9H2,1-2H3/t2*10-/m00/s1. The SMILES string of the molecule is COC1=C2C=C(C(F)(F)F)CC([N+](=O)[O-])=C2SC(N2CCC3(CC2)OC[C@H](C)O3)=N1.COC1=C2CC(C(F)(F)F)=CC([N+](=O)[O-])=C2SC(N2CCC3(CC2)OC[C@H](C)O3)=N1. The Morgan fingerprint density at radius 1 is 0.733 bits per heavy atom. The molecule has 2 aliphatic carbocycles. The summed E-state index contributed by atoms with van der Waals surface area (Å²) in [4.78, 5) is 34.4. The first-order valence-corrected chi connectivity index (χ1v) is 20.4. The molecular formula is C36H40F6N6O10S2. The van der Waals surface area contributed by atoms with Crippen LogP contribution in [0.4, 0.5) is 26.3 Å². The second kappa shape index (κ2) is 16.6. The highest BCUT2D eigenvalue weighted by Gasteiger charge is 2.48. The molecular weight excluding hydrogens is 855 g/mol. The van der Waals surface area contributed by atoms with Crippen LogP contribution in [0, 0.1) is 20.2 Å². The second-order valence-electron chi connectivity index (χ2n) is 14.9. The molecule has 8 aliphatic rings. The zero-order chi connectivity index (χ0) is 43.4. The molecule has 0 bridgehead atoms. The molecule has 16 nitrogen and oxygen atoms in total. The maximum Gasteiger partial charge on any atom is 0.413 e. The molecule has 328 valence electrons. The van der Waals surface area contributed by atoms with Crippen molar-refractivity contribution in [2.24, 2.45) is 9.98 Å². The lowest BCUT2D eigenvalue weighted by atomic mass is 9.97. The Labute approximate surface area is 347 Å². The van der Waals surface area contributed by atoms with E-state index in [0.717, 1.165) is 29.6 Å². The van der Waals surface area contributed by atoms with Crippen LogP contribution in [0.3, 0.4) is 0 Å². The first-order chi connectivity index (χ1) is 28.2. The largest absolute Gasteiger partial charge is 0.481 e. The number of hydrogen-bond donors (Lipinski definition) is 0. The number of thioether (sulfide) groups is 2. The summed E-state index contributed by atoms with van der Waals surface area (Å²) in [6, 6.07) is 0. The van der Waals surface area contributed by atoms with E-state index < -0.39 is 69.2 Å². The number of amidine groups is 2. The van der Waals surface area contributed by atoms with E-state index in [0.29, 0.717) is 81.5 Å². The summed E-state index contributed by atoms with van der Waals surface area (Å²) in [6.07, 6.45) is -6.76. The van der Waals surface area contributed by atoms with E-state index in [1.54, 1.807) is 0 Å². The Morgan fingerprint density at radius 3 is 1.62 bits per heavy atom. The van der Waals surface area contributed by atoms with Gasteiger partial charge in [-0.2, -0.15) is 36.3 Å². The van der Waals surface area contributed by atoms with Gasteiger partial charge in [0.25, 0.3) is 11.4 Å².